The summed E-state index contributed by atoms with van der Waals surface area (Å²) in [5, 5.41) is 3.76. The minimum atomic E-state index is -0.446. The lowest BCUT2D eigenvalue weighted by atomic mass is 10.0. The molecule has 0 spiro atoms. The quantitative estimate of drug-likeness (QED) is 0.358. The lowest BCUT2D eigenvalue weighted by molar-refractivity contribution is 0.376. The Hall–Kier alpha value is -1.06. The number of hydrogen-bond donors (Lipinski definition) is 1. The van der Waals surface area contributed by atoms with Gasteiger partial charge in [-0.1, -0.05) is 109 Å². The molecule has 0 radical (unpaired) electrons. The van der Waals surface area contributed by atoms with E-state index in [0.29, 0.717) is 5.82 Å². The lowest BCUT2D eigenvalue weighted by Gasteiger charge is -2.07. The molecule has 140 valence electrons. The number of unbranched alkanes of at least 4 members (excludes halogenated alkanes) is 13. The summed E-state index contributed by atoms with van der Waals surface area (Å²) in [4.78, 5) is 13.6. The third-order valence-electron chi connectivity index (χ3n) is 4.91. The summed E-state index contributed by atoms with van der Waals surface area (Å²) in [6.07, 6.45) is 20.4. The second-order valence-corrected chi connectivity index (χ2v) is 7.27. The topological polar surface area (TPSA) is 58.9 Å². The van der Waals surface area contributed by atoms with Gasteiger partial charge in [0, 0.05) is 5.92 Å². The van der Waals surface area contributed by atoms with Gasteiger partial charge in [0.15, 0.2) is 5.82 Å². The van der Waals surface area contributed by atoms with Crippen molar-refractivity contribution < 1.29 is 4.52 Å². The molecule has 24 heavy (non-hydrogen) atoms. The molecule has 0 aliphatic carbocycles. The maximum absolute atomic E-state index is 10.9. The second kappa shape index (κ2) is 14.3. The van der Waals surface area contributed by atoms with Crippen LogP contribution in [-0.2, 0) is 0 Å². The molecule has 1 heterocycles. The molecule has 1 aromatic rings. The molecule has 0 bridgehead atoms. The van der Waals surface area contributed by atoms with Gasteiger partial charge in [0.05, 0.1) is 0 Å². The number of rotatable bonds is 16. The largest absolute Gasteiger partial charge is 0.438 e. The summed E-state index contributed by atoms with van der Waals surface area (Å²) in [7, 11) is 0. The average molecular weight is 339 g/mol. The molecule has 0 amide bonds. The lowest BCUT2D eigenvalue weighted by Crippen LogP contribution is -2.01. The Balaban J connectivity index is 1.80. The maximum Gasteiger partial charge on any atom is 0.438 e. The number of H-pyrrole nitrogens is 1. The van der Waals surface area contributed by atoms with E-state index in [1.807, 2.05) is 0 Å². The zero-order chi connectivity index (χ0) is 17.5. The minimum Gasteiger partial charge on any atom is -0.296 e. The molecule has 4 heteroatoms. The molecule has 1 atom stereocenters. The monoisotopic (exact) mass is 338 g/mol. The third kappa shape index (κ3) is 10.7. The van der Waals surface area contributed by atoms with E-state index in [1.54, 1.807) is 0 Å². The first kappa shape index (κ1) is 21.0. The van der Waals surface area contributed by atoms with Crippen molar-refractivity contribution in [3.8, 4) is 0 Å². The van der Waals surface area contributed by atoms with Crippen LogP contribution < -0.4 is 5.76 Å². The van der Waals surface area contributed by atoms with Crippen molar-refractivity contribution in [3.63, 3.8) is 0 Å². The van der Waals surface area contributed by atoms with Crippen molar-refractivity contribution in [2.24, 2.45) is 0 Å². The van der Waals surface area contributed by atoms with Crippen LogP contribution in [0.4, 0.5) is 0 Å². The SMILES string of the molecule is CCCCCCCCCCCCCCCCC(C)c1noc(=O)[nH]1. The van der Waals surface area contributed by atoms with Crippen LogP contribution in [0.15, 0.2) is 9.32 Å². The number of aromatic nitrogens is 2. The minimum absolute atomic E-state index is 0.286. The summed E-state index contributed by atoms with van der Waals surface area (Å²) >= 11 is 0. The predicted molar refractivity (Wildman–Crippen MR) is 100 cm³/mol. The molecule has 0 aliphatic heterocycles. The number of nitrogens with one attached hydrogen (secondary N) is 1. The van der Waals surface area contributed by atoms with Crippen LogP contribution in [0, 0.1) is 0 Å². The molecule has 0 aliphatic rings. The van der Waals surface area contributed by atoms with Crippen molar-refractivity contribution >= 4 is 0 Å². The van der Waals surface area contributed by atoms with Gasteiger partial charge in [-0.3, -0.25) is 9.51 Å². The molecule has 1 unspecified atom stereocenters. The third-order valence-corrected chi connectivity index (χ3v) is 4.91. The highest BCUT2D eigenvalue weighted by molar-refractivity contribution is 4.88. The fraction of sp³-hybridized carbons (Fsp3) is 0.900. The number of nitrogens with zero attached hydrogens (tertiary/aromatic N) is 1. The van der Waals surface area contributed by atoms with Crippen molar-refractivity contribution in [2.45, 2.75) is 116 Å². The first-order chi connectivity index (χ1) is 11.7. The van der Waals surface area contributed by atoms with Crippen molar-refractivity contribution in [1.29, 1.82) is 0 Å². The van der Waals surface area contributed by atoms with E-state index in [-0.39, 0.29) is 5.92 Å². The van der Waals surface area contributed by atoms with Gasteiger partial charge < -0.3 is 0 Å². The Labute approximate surface area is 147 Å². The molecule has 1 aromatic heterocycles. The van der Waals surface area contributed by atoms with Crippen LogP contribution in [0.3, 0.4) is 0 Å². The van der Waals surface area contributed by atoms with Gasteiger partial charge in [-0.25, -0.2) is 4.79 Å². The molecule has 0 saturated carbocycles. The number of hydrogen-bond acceptors (Lipinski definition) is 3. The van der Waals surface area contributed by atoms with Crippen LogP contribution in [-0.4, -0.2) is 10.1 Å². The predicted octanol–water partition coefficient (Wildman–Crippen LogP) is 6.34. The Kier molecular flexibility index (Phi) is 12.5. The zero-order valence-electron chi connectivity index (χ0n) is 15.9. The Morgan fingerprint density at radius 1 is 0.833 bits per heavy atom. The first-order valence-corrected chi connectivity index (χ1v) is 10.3. The van der Waals surface area contributed by atoms with E-state index >= 15 is 0 Å². The highest BCUT2D eigenvalue weighted by Crippen LogP contribution is 2.19. The van der Waals surface area contributed by atoms with E-state index in [0.717, 1.165) is 6.42 Å². The van der Waals surface area contributed by atoms with Crippen LogP contribution in [0.25, 0.3) is 0 Å². The summed E-state index contributed by atoms with van der Waals surface area (Å²) in [6.45, 7) is 4.37. The summed E-state index contributed by atoms with van der Waals surface area (Å²) in [6, 6.07) is 0. The first-order valence-electron chi connectivity index (χ1n) is 10.3. The Morgan fingerprint density at radius 2 is 1.29 bits per heavy atom. The van der Waals surface area contributed by atoms with Gasteiger partial charge in [-0.05, 0) is 6.42 Å². The van der Waals surface area contributed by atoms with Gasteiger partial charge in [-0.15, -0.1) is 0 Å². The molecular formula is C20H38N2O2. The summed E-state index contributed by atoms with van der Waals surface area (Å²) < 4.78 is 4.55. The second-order valence-electron chi connectivity index (χ2n) is 7.27. The normalized spacial score (nSPS) is 12.6. The Morgan fingerprint density at radius 3 is 1.71 bits per heavy atom. The summed E-state index contributed by atoms with van der Waals surface area (Å²) in [5.41, 5.74) is 0. The van der Waals surface area contributed by atoms with Crippen molar-refractivity contribution in [2.75, 3.05) is 0 Å². The molecule has 0 aromatic carbocycles. The molecule has 0 saturated heterocycles. The summed E-state index contributed by atoms with van der Waals surface area (Å²) in [5.74, 6) is 0.529. The Bertz CT molecular complexity index is 439. The average Bonchev–Trinajstić information content (AvgIpc) is 3.01. The van der Waals surface area contributed by atoms with Crippen molar-refractivity contribution in [3.05, 3.63) is 16.4 Å². The molecule has 0 fully saturated rings. The van der Waals surface area contributed by atoms with E-state index < -0.39 is 5.76 Å². The van der Waals surface area contributed by atoms with Crippen LogP contribution in [0.5, 0.6) is 0 Å². The molecule has 1 rings (SSSR count). The van der Waals surface area contributed by atoms with E-state index in [4.69, 9.17) is 0 Å². The fourth-order valence-corrected chi connectivity index (χ4v) is 3.24. The molecule has 1 N–H and O–H groups in total. The van der Waals surface area contributed by atoms with E-state index in [1.165, 1.54) is 89.9 Å². The standard InChI is InChI=1S/C20H38N2O2/c1-3-4-5-6-7-8-9-10-11-12-13-14-15-16-17-18(2)19-21-20(23)24-22-19/h18H,3-17H2,1-2H3,(H,21,22,23). The van der Waals surface area contributed by atoms with Gasteiger partial charge in [0.2, 0.25) is 0 Å². The van der Waals surface area contributed by atoms with Gasteiger partial charge in [0.1, 0.15) is 0 Å². The zero-order valence-corrected chi connectivity index (χ0v) is 15.9. The number of aromatic amines is 1. The fourth-order valence-electron chi connectivity index (χ4n) is 3.24. The van der Waals surface area contributed by atoms with Crippen LogP contribution in [0.2, 0.25) is 0 Å². The van der Waals surface area contributed by atoms with Crippen LogP contribution in [0.1, 0.15) is 122 Å². The molecular weight excluding hydrogens is 300 g/mol. The van der Waals surface area contributed by atoms with Gasteiger partial charge in [-0.2, -0.15) is 0 Å². The van der Waals surface area contributed by atoms with Crippen LogP contribution >= 0.6 is 0 Å². The maximum atomic E-state index is 10.9. The highest BCUT2D eigenvalue weighted by atomic mass is 16.5. The smallest absolute Gasteiger partial charge is 0.296 e. The van der Waals surface area contributed by atoms with Gasteiger partial charge >= 0.3 is 5.76 Å². The highest BCUT2D eigenvalue weighted by Gasteiger charge is 2.10. The van der Waals surface area contributed by atoms with E-state index in [9.17, 15) is 4.79 Å². The molecule has 4 nitrogen and oxygen atoms in total. The van der Waals surface area contributed by atoms with E-state index in [2.05, 4.69) is 28.5 Å². The van der Waals surface area contributed by atoms with Gasteiger partial charge in [0.25, 0.3) is 0 Å². The van der Waals surface area contributed by atoms with Crippen molar-refractivity contribution in [1.82, 2.24) is 10.1 Å².